The van der Waals surface area contributed by atoms with Gasteiger partial charge < -0.3 is 14.2 Å². The Hall–Kier alpha value is -1.05. The molecule has 0 fully saturated rings. The third kappa shape index (κ3) is 3.56. The topological polar surface area (TPSA) is 44.8 Å². The Morgan fingerprint density at radius 2 is 1.65 bits per heavy atom. The van der Waals surface area contributed by atoms with Crippen LogP contribution in [0.1, 0.15) is 10.4 Å². The van der Waals surface area contributed by atoms with Crippen LogP contribution < -0.4 is 9.47 Å². The summed E-state index contributed by atoms with van der Waals surface area (Å²) in [4.78, 5) is 12.1. The lowest BCUT2D eigenvalue weighted by atomic mass is 9.99. The van der Waals surface area contributed by atoms with Gasteiger partial charge in [-0.2, -0.15) is 0 Å². The summed E-state index contributed by atoms with van der Waals surface area (Å²) in [5.74, 6) is 0.832. The number of hydrogen-bond donors (Lipinski definition) is 0. The van der Waals surface area contributed by atoms with E-state index < -0.39 is 5.97 Å². The molecule has 2 aromatic rings. The first-order valence-electron chi connectivity index (χ1n) is 6.42. The first-order valence-corrected chi connectivity index (χ1v) is 8.80. The number of carbonyl (C=O) groups is 1. The summed E-state index contributed by atoms with van der Waals surface area (Å²) < 4.78 is 17.9. The van der Waals surface area contributed by atoms with E-state index in [1.807, 2.05) is 6.07 Å². The van der Waals surface area contributed by atoms with Gasteiger partial charge in [0.15, 0.2) is 0 Å². The Labute approximate surface area is 159 Å². The fourth-order valence-corrected chi connectivity index (χ4v) is 5.02. The number of halogens is 3. The summed E-state index contributed by atoms with van der Waals surface area (Å²) >= 11 is 10.5. The van der Waals surface area contributed by atoms with Crippen LogP contribution in [-0.2, 0) is 4.74 Å². The zero-order valence-corrected chi connectivity index (χ0v) is 17.3. The average Bonchev–Trinajstić information content (AvgIpc) is 2.54. The SMILES string of the molecule is COC(=O)c1ccc(OC)cc1-c1c(Br)cc(Br)c(OC)c1Br. The van der Waals surface area contributed by atoms with E-state index in [2.05, 4.69) is 47.8 Å². The van der Waals surface area contributed by atoms with E-state index in [1.165, 1.54) is 7.11 Å². The molecule has 0 N–H and O–H groups in total. The summed E-state index contributed by atoms with van der Waals surface area (Å²) in [5, 5.41) is 0. The summed E-state index contributed by atoms with van der Waals surface area (Å²) in [6, 6.07) is 7.03. The molecule has 122 valence electrons. The van der Waals surface area contributed by atoms with Crippen molar-refractivity contribution in [2.45, 2.75) is 0 Å². The standard InChI is InChI=1S/C16H13Br3O4/c1-21-8-4-5-9(16(20)23-3)10(6-8)13-11(17)7-12(18)15(22-2)14(13)19/h4-7H,1-3H3. The first-order chi connectivity index (χ1) is 10.9. The van der Waals surface area contributed by atoms with E-state index >= 15 is 0 Å². The predicted molar refractivity (Wildman–Crippen MR) is 99.4 cm³/mol. The van der Waals surface area contributed by atoms with E-state index in [1.54, 1.807) is 32.4 Å². The molecular formula is C16H13Br3O4. The van der Waals surface area contributed by atoms with Gasteiger partial charge >= 0.3 is 5.97 Å². The Balaban J connectivity index is 2.82. The van der Waals surface area contributed by atoms with Crippen LogP contribution in [0.2, 0.25) is 0 Å². The number of methoxy groups -OCH3 is 3. The molecular weight excluding hydrogens is 496 g/mol. The minimum atomic E-state index is -0.427. The smallest absolute Gasteiger partial charge is 0.338 e. The molecule has 0 heterocycles. The van der Waals surface area contributed by atoms with Crippen molar-refractivity contribution >= 4 is 53.8 Å². The number of hydrogen-bond acceptors (Lipinski definition) is 4. The normalized spacial score (nSPS) is 10.3. The molecule has 0 aliphatic heterocycles. The highest BCUT2D eigenvalue weighted by Gasteiger charge is 2.22. The van der Waals surface area contributed by atoms with Crippen LogP contribution >= 0.6 is 47.8 Å². The molecule has 2 aromatic carbocycles. The molecule has 0 radical (unpaired) electrons. The fraction of sp³-hybridized carbons (Fsp3) is 0.188. The lowest BCUT2D eigenvalue weighted by molar-refractivity contribution is 0.0601. The van der Waals surface area contributed by atoms with Crippen molar-refractivity contribution in [1.82, 2.24) is 0 Å². The molecule has 2 rings (SSSR count). The maximum absolute atomic E-state index is 12.1. The molecule has 0 saturated carbocycles. The molecule has 0 bridgehead atoms. The van der Waals surface area contributed by atoms with Crippen LogP contribution in [0.25, 0.3) is 11.1 Å². The van der Waals surface area contributed by atoms with Crippen LogP contribution in [0.3, 0.4) is 0 Å². The molecule has 4 nitrogen and oxygen atoms in total. The van der Waals surface area contributed by atoms with Gasteiger partial charge in [0, 0.05) is 15.6 Å². The van der Waals surface area contributed by atoms with Crippen molar-refractivity contribution in [2.24, 2.45) is 0 Å². The minimum absolute atomic E-state index is 0.427. The second-order valence-electron chi connectivity index (χ2n) is 4.47. The van der Waals surface area contributed by atoms with Crippen LogP contribution in [0.15, 0.2) is 37.7 Å². The van der Waals surface area contributed by atoms with Gasteiger partial charge in [-0.05, 0) is 56.1 Å². The number of esters is 1. The van der Waals surface area contributed by atoms with E-state index in [-0.39, 0.29) is 0 Å². The third-order valence-corrected chi connectivity index (χ3v) is 5.20. The maximum atomic E-state index is 12.1. The van der Waals surface area contributed by atoms with Crippen LogP contribution in [0.4, 0.5) is 0 Å². The predicted octanol–water partition coefficient (Wildman–Crippen LogP) is 5.44. The van der Waals surface area contributed by atoms with Crippen molar-refractivity contribution in [3.8, 4) is 22.6 Å². The van der Waals surface area contributed by atoms with Gasteiger partial charge in [0.1, 0.15) is 11.5 Å². The molecule has 0 saturated heterocycles. The van der Waals surface area contributed by atoms with E-state index in [4.69, 9.17) is 14.2 Å². The van der Waals surface area contributed by atoms with Gasteiger partial charge in [-0.15, -0.1) is 0 Å². The molecule has 0 unspecified atom stereocenters. The lowest BCUT2D eigenvalue weighted by Gasteiger charge is -2.16. The van der Waals surface area contributed by atoms with Gasteiger partial charge in [-0.3, -0.25) is 0 Å². The Morgan fingerprint density at radius 1 is 0.957 bits per heavy atom. The summed E-state index contributed by atoms with van der Waals surface area (Å²) in [7, 11) is 4.50. The van der Waals surface area contributed by atoms with Crippen molar-refractivity contribution < 1.29 is 19.0 Å². The largest absolute Gasteiger partial charge is 0.497 e. The summed E-state index contributed by atoms with van der Waals surface area (Å²) in [5.41, 5.74) is 1.86. The zero-order valence-electron chi connectivity index (χ0n) is 12.6. The van der Waals surface area contributed by atoms with E-state index in [0.29, 0.717) is 27.1 Å². The third-order valence-electron chi connectivity index (χ3n) is 3.23. The van der Waals surface area contributed by atoms with Crippen molar-refractivity contribution in [2.75, 3.05) is 21.3 Å². The number of carbonyl (C=O) groups excluding carboxylic acids is 1. The fourth-order valence-electron chi connectivity index (χ4n) is 2.15. The second-order valence-corrected chi connectivity index (χ2v) is 6.97. The average molecular weight is 509 g/mol. The molecule has 0 amide bonds. The van der Waals surface area contributed by atoms with Crippen LogP contribution in [-0.4, -0.2) is 27.3 Å². The molecule has 23 heavy (non-hydrogen) atoms. The molecule has 0 aliphatic rings. The molecule has 0 atom stereocenters. The molecule has 0 spiro atoms. The van der Waals surface area contributed by atoms with Crippen molar-refractivity contribution in [3.63, 3.8) is 0 Å². The maximum Gasteiger partial charge on any atom is 0.338 e. The molecule has 7 heteroatoms. The molecule has 0 aromatic heterocycles. The van der Waals surface area contributed by atoms with Gasteiger partial charge in [0.25, 0.3) is 0 Å². The van der Waals surface area contributed by atoms with E-state index in [9.17, 15) is 4.79 Å². The number of ether oxygens (including phenoxy) is 3. The van der Waals surface area contributed by atoms with Gasteiger partial charge in [-0.25, -0.2) is 4.79 Å². The Morgan fingerprint density at radius 3 is 2.22 bits per heavy atom. The van der Waals surface area contributed by atoms with Gasteiger partial charge in [0.2, 0.25) is 0 Å². The highest BCUT2D eigenvalue weighted by molar-refractivity contribution is 9.11. The van der Waals surface area contributed by atoms with Crippen LogP contribution in [0, 0.1) is 0 Å². The van der Waals surface area contributed by atoms with Gasteiger partial charge in [-0.1, -0.05) is 15.9 Å². The number of rotatable bonds is 4. The molecule has 0 aliphatic carbocycles. The Kier molecular flexibility index (Phi) is 6.11. The van der Waals surface area contributed by atoms with Gasteiger partial charge in [0.05, 0.1) is 35.8 Å². The summed E-state index contributed by atoms with van der Waals surface area (Å²) in [6.07, 6.45) is 0. The highest BCUT2D eigenvalue weighted by atomic mass is 79.9. The zero-order chi connectivity index (χ0) is 17.1. The van der Waals surface area contributed by atoms with Crippen molar-refractivity contribution in [3.05, 3.63) is 43.2 Å². The first kappa shape index (κ1) is 18.3. The Bertz CT molecular complexity index is 759. The summed E-state index contributed by atoms with van der Waals surface area (Å²) in [6.45, 7) is 0. The highest BCUT2D eigenvalue weighted by Crippen LogP contribution is 2.46. The second kappa shape index (κ2) is 7.68. The van der Waals surface area contributed by atoms with Crippen molar-refractivity contribution in [1.29, 1.82) is 0 Å². The monoisotopic (exact) mass is 506 g/mol. The van der Waals surface area contributed by atoms with E-state index in [0.717, 1.165) is 14.5 Å². The minimum Gasteiger partial charge on any atom is -0.497 e. The quantitative estimate of drug-likeness (QED) is 0.516. The van der Waals surface area contributed by atoms with Crippen LogP contribution in [0.5, 0.6) is 11.5 Å². The lowest BCUT2D eigenvalue weighted by Crippen LogP contribution is -2.05. The number of benzene rings is 2.